The molecule has 6 heteroatoms. The van der Waals surface area contributed by atoms with Gasteiger partial charge in [-0.1, -0.05) is 40.9 Å². The van der Waals surface area contributed by atoms with Crippen LogP contribution in [0.1, 0.15) is 17.5 Å². The summed E-state index contributed by atoms with van der Waals surface area (Å²) in [5.41, 5.74) is 3.52. The minimum atomic E-state index is -0.411. The molecule has 4 nitrogen and oxygen atoms in total. The van der Waals surface area contributed by atoms with Crippen molar-refractivity contribution in [1.82, 2.24) is 0 Å². The van der Waals surface area contributed by atoms with Crippen LogP contribution in [0.4, 0.5) is 11.4 Å². The molecular formula is C19H18Cl2N2O2. The Morgan fingerprint density at radius 2 is 1.80 bits per heavy atom. The van der Waals surface area contributed by atoms with E-state index in [0.29, 0.717) is 22.3 Å². The first-order valence-electron chi connectivity index (χ1n) is 7.98. The second-order valence-corrected chi connectivity index (χ2v) is 7.21. The largest absolute Gasteiger partial charge is 0.326 e. The Hall–Kier alpha value is -2.04. The minimum absolute atomic E-state index is 0.112. The van der Waals surface area contributed by atoms with E-state index < -0.39 is 5.92 Å². The summed E-state index contributed by atoms with van der Waals surface area (Å²) in [5, 5.41) is 3.84. The van der Waals surface area contributed by atoms with E-state index in [4.69, 9.17) is 23.2 Å². The van der Waals surface area contributed by atoms with Gasteiger partial charge in [-0.15, -0.1) is 0 Å². The van der Waals surface area contributed by atoms with Gasteiger partial charge in [0.1, 0.15) is 0 Å². The number of amides is 2. The van der Waals surface area contributed by atoms with Gasteiger partial charge in [-0.3, -0.25) is 9.59 Å². The standard InChI is InChI=1S/C19H18Cl2N2O2/c1-11-3-4-17(12(2)5-11)22-19(25)13-6-18(24)23(10-13)16-8-14(20)7-15(21)9-16/h3-5,7-9,13H,6,10H2,1-2H3,(H,22,25). The molecule has 0 aliphatic carbocycles. The smallest absolute Gasteiger partial charge is 0.229 e. The average molecular weight is 377 g/mol. The maximum Gasteiger partial charge on any atom is 0.229 e. The molecule has 130 valence electrons. The highest BCUT2D eigenvalue weighted by Crippen LogP contribution is 2.31. The van der Waals surface area contributed by atoms with Crippen molar-refractivity contribution in [2.75, 3.05) is 16.8 Å². The third kappa shape index (κ3) is 3.97. The van der Waals surface area contributed by atoms with E-state index in [-0.39, 0.29) is 18.2 Å². The molecule has 0 radical (unpaired) electrons. The predicted octanol–water partition coefficient (Wildman–Crippen LogP) is 4.60. The Morgan fingerprint density at radius 3 is 2.44 bits per heavy atom. The van der Waals surface area contributed by atoms with Crippen molar-refractivity contribution in [2.45, 2.75) is 20.3 Å². The lowest BCUT2D eigenvalue weighted by molar-refractivity contribution is -0.122. The molecule has 3 rings (SSSR count). The molecule has 1 N–H and O–H groups in total. The van der Waals surface area contributed by atoms with Crippen LogP contribution < -0.4 is 10.2 Å². The van der Waals surface area contributed by atoms with Gasteiger partial charge in [-0.25, -0.2) is 0 Å². The van der Waals surface area contributed by atoms with E-state index >= 15 is 0 Å². The number of aryl methyl sites for hydroxylation is 2. The number of carbonyl (C=O) groups excluding carboxylic acids is 2. The molecule has 2 aromatic rings. The number of carbonyl (C=O) groups is 2. The van der Waals surface area contributed by atoms with Crippen molar-refractivity contribution in [3.05, 3.63) is 57.6 Å². The van der Waals surface area contributed by atoms with Crippen molar-refractivity contribution < 1.29 is 9.59 Å². The molecule has 0 saturated carbocycles. The summed E-state index contributed by atoms with van der Waals surface area (Å²) in [7, 11) is 0. The van der Waals surface area contributed by atoms with E-state index in [1.807, 2.05) is 32.0 Å². The molecule has 1 atom stereocenters. The Kier molecular flexibility index (Phi) is 5.02. The maximum absolute atomic E-state index is 12.6. The lowest BCUT2D eigenvalue weighted by Gasteiger charge is -2.17. The molecule has 2 aromatic carbocycles. The zero-order valence-electron chi connectivity index (χ0n) is 14.0. The van der Waals surface area contributed by atoms with Crippen LogP contribution in [0.5, 0.6) is 0 Å². The van der Waals surface area contributed by atoms with Gasteiger partial charge in [0, 0.05) is 34.4 Å². The summed E-state index contributed by atoms with van der Waals surface area (Å²) in [6.45, 7) is 4.26. The van der Waals surface area contributed by atoms with Crippen LogP contribution in [0.3, 0.4) is 0 Å². The third-order valence-electron chi connectivity index (χ3n) is 4.29. The fraction of sp³-hybridized carbons (Fsp3) is 0.263. The first-order chi connectivity index (χ1) is 11.8. The number of nitrogens with one attached hydrogen (secondary N) is 1. The molecular weight excluding hydrogens is 359 g/mol. The van der Waals surface area contributed by atoms with Crippen molar-refractivity contribution in [3.8, 4) is 0 Å². The first kappa shape index (κ1) is 17.8. The van der Waals surface area contributed by atoms with Crippen LogP contribution in [0, 0.1) is 19.8 Å². The molecule has 2 amide bonds. The summed E-state index contributed by atoms with van der Waals surface area (Å²) in [6, 6.07) is 10.8. The van der Waals surface area contributed by atoms with Gasteiger partial charge in [-0.05, 0) is 43.7 Å². The van der Waals surface area contributed by atoms with Crippen molar-refractivity contribution in [1.29, 1.82) is 0 Å². The number of rotatable bonds is 3. The van der Waals surface area contributed by atoms with E-state index in [9.17, 15) is 9.59 Å². The third-order valence-corrected chi connectivity index (χ3v) is 4.73. The highest BCUT2D eigenvalue weighted by atomic mass is 35.5. The molecule has 0 aromatic heterocycles. The fourth-order valence-corrected chi connectivity index (χ4v) is 3.53. The van der Waals surface area contributed by atoms with E-state index in [0.717, 1.165) is 16.8 Å². The zero-order chi connectivity index (χ0) is 18.1. The van der Waals surface area contributed by atoms with Crippen LogP contribution in [0.2, 0.25) is 10.0 Å². The fourth-order valence-electron chi connectivity index (χ4n) is 3.02. The molecule has 25 heavy (non-hydrogen) atoms. The topological polar surface area (TPSA) is 49.4 Å². The number of halogens is 2. The number of benzene rings is 2. The Labute approximate surface area is 156 Å². The van der Waals surface area contributed by atoms with Gasteiger partial charge < -0.3 is 10.2 Å². The second-order valence-electron chi connectivity index (χ2n) is 6.34. The van der Waals surface area contributed by atoms with Gasteiger partial charge in [0.2, 0.25) is 11.8 Å². The van der Waals surface area contributed by atoms with Crippen LogP contribution in [-0.2, 0) is 9.59 Å². The molecule has 1 heterocycles. The highest BCUT2D eigenvalue weighted by molar-refractivity contribution is 6.35. The molecule has 1 aliphatic heterocycles. The normalized spacial score (nSPS) is 17.0. The molecule has 1 aliphatic rings. The lowest BCUT2D eigenvalue weighted by Crippen LogP contribution is -2.28. The Morgan fingerprint density at radius 1 is 1.12 bits per heavy atom. The Bertz CT molecular complexity index is 831. The van der Waals surface area contributed by atoms with Gasteiger partial charge in [0.05, 0.1) is 5.92 Å². The lowest BCUT2D eigenvalue weighted by atomic mass is 10.1. The number of anilines is 2. The summed E-state index contributed by atoms with van der Waals surface area (Å²) < 4.78 is 0. The van der Waals surface area contributed by atoms with Crippen LogP contribution >= 0.6 is 23.2 Å². The van der Waals surface area contributed by atoms with E-state index in [1.54, 1.807) is 23.1 Å². The Balaban J connectivity index is 1.74. The van der Waals surface area contributed by atoms with E-state index in [1.165, 1.54) is 0 Å². The summed E-state index contributed by atoms with van der Waals surface area (Å²) in [4.78, 5) is 26.5. The first-order valence-corrected chi connectivity index (χ1v) is 8.73. The summed E-state index contributed by atoms with van der Waals surface area (Å²) in [5.74, 6) is -0.680. The average Bonchev–Trinajstić information content (AvgIpc) is 2.91. The van der Waals surface area contributed by atoms with Crippen molar-refractivity contribution in [2.24, 2.45) is 5.92 Å². The van der Waals surface area contributed by atoms with Gasteiger partial charge in [0.15, 0.2) is 0 Å². The second kappa shape index (κ2) is 7.06. The van der Waals surface area contributed by atoms with Crippen molar-refractivity contribution in [3.63, 3.8) is 0 Å². The monoisotopic (exact) mass is 376 g/mol. The molecule has 1 fully saturated rings. The molecule has 0 bridgehead atoms. The number of nitrogens with zero attached hydrogens (tertiary/aromatic N) is 1. The van der Waals surface area contributed by atoms with Crippen LogP contribution in [0.15, 0.2) is 36.4 Å². The molecule has 0 spiro atoms. The van der Waals surface area contributed by atoms with Gasteiger partial charge >= 0.3 is 0 Å². The molecule has 1 saturated heterocycles. The summed E-state index contributed by atoms with van der Waals surface area (Å²) in [6.07, 6.45) is 0.168. The summed E-state index contributed by atoms with van der Waals surface area (Å²) >= 11 is 12.0. The van der Waals surface area contributed by atoms with Gasteiger partial charge in [0.25, 0.3) is 0 Å². The minimum Gasteiger partial charge on any atom is -0.326 e. The highest BCUT2D eigenvalue weighted by Gasteiger charge is 2.35. The van der Waals surface area contributed by atoms with Crippen LogP contribution in [-0.4, -0.2) is 18.4 Å². The van der Waals surface area contributed by atoms with Crippen LogP contribution in [0.25, 0.3) is 0 Å². The molecule has 1 unspecified atom stereocenters. The maximum atomic E-state index is 12.6. The van der Waals surface area contributed by atoms with E-state index in [2.05, 4.69) is 5.32 Å². The van der Waals surface area contributed by atoms with Gasteiger partial charge in [-0.2, -0.15) is 0 Å². The SMILES string of the molecule is Cc1ccc(NC(=O)C2CC(=O)N(c3cc(Cl)cc(Cl)c3)C2)c(C)c1. The predicted molar refractivity (Wildman–Crippen MR) is 101 cm³/mol. The quantitative estimate of drug-likeness (QED) is 0.850. The number of hydrogen-bond acceptors (Lipinski definition) is 2. The van der Waals surface area contributed by atoms with Crippen molar-refractivity contribution >= 4 is 46.4 Å². The zero-order valence-corrected chi connectivity index (χ0v) is 15.5. The number of hydrogen-bond donors (Lipinski definition) is 1.